The quantitative estimate of drug-likeness (QED) is 0.824. The Bertz CT molecular complexity index is 659. The third-order valence-corrected chi connectivity index (χ3v) is 3.72. The number of furan rings is 1. The van der Waals surface area contributed by atoms with Crippen LogP contribution in [0, 0.1) is 18.3 Å². The van der Waals surface area contributed by atoms with E-state index in [1.165, 1.54) is 0 Å². The lowest BCUT2D eigenvalue weighted by Gasteiger charge is -2.21. The van der Waals surface area contributed by atoms with Crippen molar-refractivity contribution in [2.45, 2.75) is 19.9 Å². The van der Waals surface area contributed by atoms with Gasteiger partial charge in [0.25, 0.3) is 5.91 Å². The summed E-state index contributed by atoms with van der Waals surface area (Å²) in [5, 5.41) is 8.76. The molecule has 0 spiro atoms. The molecule has 4 nitrogen and oxygen atoms in total. The third-order valence-electron chi connectivity index (χ3n) is 3.06. The number of rotatable bonds is 5. The maximum atomic E-state index is 12.7. The molecule has 0 unspecified atom stereocenters. The Balaban J connectivity index is 2.22. The van der Waals surface area contributed by atoms with E-state index in [-0.39, 0.29) is 12.3 Å². The van der Waals surface area contributed by atoms with Gasteiger partial charge in [0.05, 0.1) is 30.9 Å². The number of halogens is 1. The minimum atomic E-state index is -0.117. The van der Waals surface area contributed by atoms with E-state index in [1.54, 1.807) is 23.3 Å². The Kier molecular flexibility index (Phi) is 5.18. The fourth-order valence-electron chi connectivity index (χ4n) is 1.99. The fourth-order valence-corrected chi connectivity index (χ4v) is 2.65. The average molecular weight is 347 g/mol. The van der Waals surface area contributed by atoms with Crippen LogP contribution in [0.1, 0.15) is 28.1 Å². The highest BCUT2D eigenvalue weighted by Crippen LogP contribution is 2.21. The lowest BCUT2D eigenvalue weighted by atomic mass is 10.1. The van der Waals surface area contributed by atoms with Crippen LogP contribution in [0.4, 0.5) is 0 Å². The monoisotopic (exact) mass is 346 g/mol. The second kappa shape index (κ2) is 7.09. The van der Waals surface area contributed by atoms with Crippen LogP contribution < -0.4 is 0 Å². The van der Waals surface area contributed by atoms with Crippen molar-refractivity contribution in [3.05, 3.63) is 58.0 Å². The first kappa shape index (κ1) is 15.3. The molecule has 0 N–H and O–H groups in total. The molecule has 5 heteroatoms. The predicted octanol–water partition coefficient (Wildman–Crippen LogP) is 3.91. The van der Waals surface area contributed by atoms with Gasteiger partial charge in [0.1, 0.15) is 5.76 Å². The van der Waals surface area contributed by atoms with Crippen LogP contribution in [0.5, 0.6) is 0 Å². The molecule has 0 aliphatic heterocycles. The molecular weight excluding hydrogens is 332 g/mol. The van der Waals surface area contributed by atoms with Crippen LogP contribution in [0.25, 0.3) is 0 Å². The largest absolute Gasteiger partial charge is 0.467 e. The number of nitriles is 1. The van der Waals surface area contributed by atoms with Gasteiger partial charge in [-0.1, -0.05) is 6.07 Å². The van der Waals surface area contributed by atoms with E-state index in [1.807, 2.05) is 25.1 Å². The average Bonchev–Trinajstić information content (AvgIpc) is 2.95. The molecule has 0 fully saturated rings. The minimum absolute atomic E-state index is 0.117. The SMILES string of the molecule is Cc1ccc(C(=O)N(CCC#N)Cc2ccco2)c(Br)c1. The summed E-state index contributed by atoms with van der Waals surface area (Å²) in [5.41, 5.74) is 1.66. The van der Waals surface area contributed by atoms with Gasteiger partial charge in [-0.3, -0.25) is 4.79 Å². The summed E-state index contributed by atoms with van der Waals surface area (Å²) >= 11 is 3.43. The second-order valence-corrected chi connectivity index (χ2v) is 5.55. The predicted molar refractivity (Wildman–Crippen MR) is 82.6 cm³/mol. The molecule has 2 aromatic rings. The van der Waals surface area contributed by atoms with Gasteiger partial charge in [-0.15, -0.1) is 0 Å². The maximum Gasteiger partial charge on any atom is 0.255 e. The van der Waals surface area contributed by atoms with Crippen LogP contribution in [-0.4, -0.2) is 17.4 Å². The highest BCUT2D eigenvalue weighted by atomic mass is 79.9. The van der Waals surface area contributed by atoms with E-state index < -0.39 is 0 Å². The molecule has 0 saturated heterocycles. The zero-order valence-electron chi connectivity index (χ0n) is 11.7. The maximum absolute atomic E-state index is 12.7. The molecule has 108 valence electrons. The van der Waals surface area contributed by atoms with Gasteiger partial charge < -0.3 is 9.32 Å². The normalized spacial score (nSPS) is 10.1. The zero-order valence-corrected chi connectivity index (χ0v) is 13.3. The van der Waals surface area contributed by atoms with E-state index in [9.17, 15) is 4.79 Å². The van der Waals surface area contributed by atoms with Crippen molar-refractivity contribution >= 4 is 21.8 Å². The Morgan fingerprint density at radius 1 is 1.43 bits per heavy atom. The van der Waals surface area contributed by atoms with E-state index >= 15 is 0 Å². The van der Waals surface area contributed by atoms with Crippen molar-refractivity contribution < 1.29 is 9.21 Å². The van der Waals surface area contributed by atoms with Crippen molar-refractivity contribution in [3.8, 4) is 6.07 Å². The van der Waals surface area contributed by atoms with Gasteiger partial charge in [0, 0.05) is 11.0 Å². The van der Waals surface area contributed by atoms with Crippen molar-refractivity contribution in [3.63, 3.8) is 0 Å². The number of carbonyl (C=O) groups is 1. The van der Waals surface area contributed by atoms with Gasteiger partial charge in [-0.05, 0) is 52.7 Å². The summed E-state index contributed by atoms with van der Waals surface area (Å²) in [6.45, 7) is 2.69. The molecule has 1 aromatic heterocycles. The molecule has 0 aliphatic rings. The summed E-state index contributed by atoms with van der Waals surface area (Å²) in [5.74, 6) is 0.582. The number of amides is 1. The number of carbonyl (C=O) groups excluding carboxylic acids is 1. The van der Waals surface area contributed by atoms with E-state index in [0.29, 0.717) is 24.4 Å². The van der Waals surface area contributed by atoms with Crippen molar-refractivity contribution in [1.82, 2.24) is 4.90 Å². The summed E-state index contributed by atoms with van der Waals surface area (Å²) in [6, 6.07) is 11.3. The van der Waals surface area contributed by atoms with Crippen molar-refractivity contribution in [2.75, 3.05) is 6.54 Å². The van der Waals surface area contributed by atoms with Gasteiger partial charge >= 0.3 is 0 Å². The lowest BCUT2D eigenvalue weighted by molar-refractivity contribution is 0.0734. The molecule has 0 bridgehead atoms. The second-order valence-electron chi connectivity index (χ2n) is 4.70. The van der Waals surface area contributed by atoms with Crippen LogP contribution in [0.2, 0.25) is 0 Å². The van der Waals surface area contributed by atoms with Crippen LogP contribution >= 0.6 is 15.9 Å². The van der Waals surface area contributed by atoms with Crippen LogP contribution in [0.15, 0.2) is 45.5 Å². The third kappa shape index (κ3) is 3.96. The summed E-state index contributed by atoms with van der Waals surface area (Å²) in [4.78, 5) is 14.3. The Morgan fingerprint density at radius 3 is 2.86 bits per heavy atom. The van der Waals surface area contributed by atoms with Crippen molar-refractivity contribution in [1.29, 1.82) is 5.26 Å². The van der Waals surface area contributed by atoms with Crippen molar-refractivity contribution in [2.24, 2.45) is 0 Å². The number of aryl methyl sites for hydroxylation is 1. The fraction of sp³-hybridized carbons (Fsp3) is 0.250. The first-order chi connectivity index (χ1) is 10.1. The highest BCUT2D eigenvalue weighted by molar-refractivity contribution is 9.10. The topological polar surface area (TPSA) is 57.2 Å². The van der Waals surface area contributed by atoms with Crippen LogP contribution in [0.3, 0.4) is 0 Å². The molecule has 1 aromatic carbocycles. The number of benzene rings is 1. The molecule has 0 saturated carbocycles. The molecule has 21 heavy (non-hydrogen) atoms. The number of nitrogens with zero attached hydrogens (tertiary/aromatic N) is 2. The zero-order chi connectivity index (χ0) is 15.2. The highest BCUT2D eigenvalue weighted by Gasteiger charge is 2.19. The molecule has 0 radical (unpaired) electrons. The lowest BCUT2D eigenvalue weighted by Crippen LogP contribution is -2.31. The first-order valence-electron chi connectivity index (χ1n) is 6.56. The molecular formula is C16H15BrN2O2. The van der Waals surface area contributed by atoms with E-state index in [0.717, 1.165) is 10.0 Å². The Morgan fingerprint density at radius 2 is 2.24 bits per heavy atom. The summed E-state index contributed by atoms with van der Waals surface area (Å²) in [6.07, 6.45) is 1.86. The van der Waals surface area contributed by atoms with Gasteiger partial charge in [0.15, 0.2) is 0 Å². The van der Waals surface area contributed by atoms with E-state index in [2.05, 4.69) is 22.0 Å². The number of hydrogen-bond acceptors (Lipinski definition) is 3. The van der Waals surface area contributed by atoms with E-state index in [4.69, 9.17) is 9.68 Å². The van der Waals surface area contributed by atoms with Gasteiger partial charge in [0.2, 0.25) is 0 Å². The molecule has 1 amide bonds. The van der Waals surface area contributed by atoms with Gasteiger partial charge in [-0.2, -0.15) is 5.26 Å². The molecule has 0 aliphatic carbocycles. The minimum Gasteiger partial charge on any atom is -0.467 e. The molecule has 2 rings (SSSR count). The summed E-state index contributed by atoms with van der Waals surface area (Å²) in [7, 11) is 0. The standard InChI is InChI=1S/C16H15BrN2O2/c1-12-5-6-14(15(17)10-12)16(20)19(8-3-7-18)11-13-4-2-9-21-13/h2,4-6,9-10H,3,8,11H2,1H3. The van der Waals surface area contributed by atoms with Gasteiger partial charge in [-0.25, -0.2) is 0 Å². The smallest absolute Gasteiger partial charge is 0.255 e. The molecule has 1 heterocycles. The summed E-state index contributed by atoms with van der Waals surface area (Å²) < 4.78 is 6.05. The first-order valence-corrected chi connectivity index (χ1v) is 7.36. The Hall–Kier alpha value is -2.06. The Labute approximate surface area is 132 Å². The van der Waals surface area contributed by atoms with Crippen LogP contribution in [-0.2, 0) is 6.54 Å². The molecule has 0 atom stereocenters. The number of hydrogen-bond donors (Lipinski definition) is 0.